The SMILES string of the molecule is CCCCC1N=CNC=N1. The molecule has 0 fully saturated rings. The van der Waals surface area contributed by atoms with Crippen molar-refractivity contribution < 1.29 is 0 Å². The number of nitrogens with zero attached hydrogens (tertiary/aromatic N) is 2. The highest BCUT2D eigenvalue weighted by molar-refractivity contribution is 5.76. The zero-order chi connectivity index (χ0) is 7.23. The summed E-state index contributed by atoms with van der Waals surface area (Å²) in [7, 11) is 0. The van der Waals surface area contributed by atoms with Gasteiger partial charge in [0.2, 0.25) is 0 Å². The van der Waals surface area contributed by atoms with E-state index in [1.54, 1.807) is 12.7 Å². The number of nitrogens with one attached hydrogen (secondary N) is 1. The molecule has 1 rings (SSSR count). The van der Waals surface area contributed by atoms with Crippen LogP contribution in [0.5, 0.6) is 0 Å². The van der Waals surface area contributed by atoms with Crippen molar-refractivity contribution in [2.75, 3.05) is 0 Å². The number of rotatable bonds is 3. The molecule has 0 aromatic carbocycles. The van der Waals surface area contributed by atoms with Crippen molar-refractivity contribution in [2.45, 2.75) is 32.4 Å². The van der Waals surface area contributed by atoms with Gasteiger partial charge in [0, 0.05) is 0 Å². The van der Waals surface area contributed by atoms with Crippen LogP contribution in [0, 0.1) is 0 Å². The van der Waals surface area contributed by atoms with Crippen LogP contribution in [0.3, 0.4) is 0 Å². The number of hydrogen-bond donors (Lipinski definition) is 1. The van der Waals surface area contributed by atoms with Crippen LogP contribution in [-0.4, -0.2) is 18.8 Å². The van der Waals surface area contributed by atoms with E-state index in [0.717, 1.165) is 6.42 Å². The van der Waals surface area contributed by atoms with E-state index in [4.69, 9.17) is 0 Å². The molecule has 0 aromatic heterocycles. The van der Waals surface area contributed by atoms with E-state index < -0.39 is 0 Å². The minimum Gasteiger partial charge on any atom is -0.338 e. The van der Waals surface area contributed by atoms with Crippen molar-refractivity contribution in [2.24, 2.45) is 9.98 Å². The Labute approximate surface area is 61.3 Å². The van der Waals surface area contributed by atoms with Crippen molar-refractivity contribution >= 4 is 12.7 Å². The number of hydrogen-bond acceptors (Lipinski definition) is 3. The van der Waals surface area contributed by atoms with Crippen LogP contribution in [0.2, 0.25) is 0 Å². The van der Waals surface area contributed by atoms with Crippen molar-refractivity contribution in [3.8, 4) is 0 Å². The van der Waals surface area contributed by atoms with Gasteiger partial charge in [0.1, 0.15) is 6.17 Å². The minimum absolute atomic E-state index is 0.182. The van der Waals surface area contributed by atoms with Gasteiger partial charge in [0.25, 0.3) is 0 Å². The van der Waals surface area contributed by atoms with Crippen molar-refractivity contribution in [1.82, 2.24) is 5.32 Å². The Morgan fingerprint density at radius 1 is 1.40 bits per heavy atom. The Kier molecular flexibility index (Phi) is 2.93. The van der Waals surface area contributed by atoms with E-state index in [2.05, 4.69) is 22.2 Å². The molecule has 0 atom stereocenters. The first-order valence-electron chi connectivity index (χ1n) is 3.73. The molecule has 0 saturated heterocycles. The highest BCUT2D eigenvalue weighted by atomic mass is 15.1. The van der Waals surface area contributed by atoms with E-state index >= 15 is 0 Å². The summed E-state index contributed by atoms with van der Waals surface area (Å²) in [5.41, 5.74) is 0. The second-order valence-electron chi connectivity index (χ2n) is 2.35. The van der Waals surface area contributed by atoms with Crippen LogP contribution in [0.15, 0.2) is 9.98 Å². The smallest absolute Gasteiger partial charge is 0.143 e. The molecule has 3 nitrogen and oxygen atoms in total. The Morgan fingerprint density at radius 3 is 2.70 bits per heavy atom. The van der Waals surface area contributed by atoms with Gasteiger partial charge in [0.05, 0.1) is 12.7 Å². The Balaban J connectivity index is 2.20. The first-order valence-corrected chi connectivity index (χ1v) is 3.73. The lowest BCUT2D eigenvalue weighted by molar-refractivity contribution is 0.597. The van der Waals surface area contributed by atoms with Crippen molar-refractivity contribution in [3.63, 3.8) is 0 Å². The number of unbranched alkanes of at least 4 members (excludes halogenated alkanes) is 1. The van der Waals surface area contributed by atoms with Gasteiger partial charge in [-0.25, -0.2) is 9.98 Å². The fourth-order valence-electron chi connectivity index (χ4n) is 0.866. The fourth-order valence-corrected chi connectivity index (χ4v) is 0.866. The molecule has 1 aliphatic rings. The van der Waals surface area contributed by atoms with Gasteiger partial charge in [-0.1, -0.05) is 13.3 Å². The van der Waals surface area contributed by atoms with Crippen LogP contribution in [0.1, 0.15) is 26.2 Å². The molecule has 1 heterocycles. The molecule has 1 aliphatic heterocycles. The maximum atomic E-state index is 4.13. The van der Waals surface area contributed by atoms with Crippen LogP contribution in [0.25, 0.3) is 0 Å². The maximum Gasteiger partial charge on any atom is 0.143 e. The quantitative estimate of drug-likeness (QED) is 0.626. The Morgan fingerprint density at radius 2 is 2.10 bits per heavy atom. The summed E-state index contributed by atoms with van der Waals surface area (Å²) in [6, 6.07) is 0. The highest BCUT2D eigenvalue weighted by Crippen LogP contribution is 2.05. The summed E-state index contributed by atoms with van der Waals surface area (Å²) in [5.74, 6) is 0. The van der Waals surface area contributed by atoms with Gasteiger partial charge >= 0.3 is 0 Å². The molecule has 0 aromatic rings. The highest BCUT2D eigenvalue weighted by Gasteiger charge is 2.02. The molecule has 0 saturated carbocycles. The fraction of sp³-hybridized carbons (Fsp3) is 0.714. The average molecular weight is 139 g/mol. The van der Waals surface area contributed by atoms with Crippen LogP contribution < -0.4 is 5.32 Å². The van der Waals surface area contributed by atoms with E-state index in [1.165, 1.54) is 12.8 Å². The van der Waals surface area contributed by atoms with E-state index in [0.29, 0.717) is 0 Å². The van der Waals surface area contributed by atoms with Gasteiger partial charge in [-0.15, -0.1) is 0 Å². The minimum atomic E-state index is 0.182. The number of aliphatic imine (C=N–C) groups is 2. The third-order valence-electron chi connectivity index (χ3n) is 1.46. The average Bonchev–Trinajstić information content (AvgIpc) is 2.03. The molecule has 3 heteroatoms. The van der Waals surface area contributed by atoms with E-state index in [1.807, 2.05) is 0 Å². The third kappa shape index (κ3) is 2.17. The first-order chi connectivity index (χ1) is 4.93. The molecule has 0 spiro atoms. The molecule has 56 valence electrons. The molecule has 10 heavy (non-hydrogen) atoms. The lowest BCUT2D eigenvalue weighted by atomic mass is 10.2. The first kappa shape index (κ1) is 7.25. The molecular weight excluding hydrogens is 126 g/mol. The maximum absolute atomic E-state index is 4.13. The predicted molar refractivity (Wildman–Crippen MR) is 43.4 cm³/mol. The van der Waals surface area contributed by atoms with Gasteiger partial charge in [0.15, 0.2) is 0 Å². The van der Waals surface area contributed by atoms with Crippen molar-refractivity contribution in [3.05, 3.63) is 0 Å². The summed E-state index contributed by atoms with van der Waals surface area (Å²) < 4.78 is 0. The van der Waals surface area contributed by atoms with E-state index in [9.17, 15) is 0 Å². The Hall–Kier alpha value is -0.860. The van der Waals surface area contributed by atoms with Crippen LogP contribution in [0.4, 0.5) is 0 Å². The summed E-state index contributed by atoms with van der Waals surface area (Å²) in [5, 5.41) is 2.81. The van der Waals surface area contributed by atoms with Crippen molar-refractivity contribution in [1.29, 1.82) is 0 Å². The third-order valence-corrected chi connectivity index (χ3v) is 1.46. The second-order valence-corrected chi connectivity index (χ2v) is 2.35. The lowest BCUT2D eigenvalue weighted by Gasteiger charge is -2.08. The van der Waals surface area contributed by atoms with E-state index in [-0.39, 0.29) is 6.17 Å². The normalized spacial score (nSPS) is 17.3. The molecule has 0 amide bonds. The lowest BCUT2D eigenvalue weighted by Crippen LogP contribution is -2.18. The van der Waals surface area contributed by atoms with Gasteiger partial charge in [-0.2, -0.15) is 0 Å². The molecular formula is C7H13N3. The molecule has 0 radical (unpaired) electrons. The molecule has 0 unspecified atom stereocenters. The van der Waals surface area contributed by atoms with Gasteiger partial charge < -0.3 is 5.32 Å². The summed E-state index contributed by atoms with van der Waals surface area (Å²) in [4.78, 5) is 8.27. The largest absolute Gasteiger partial charge is 0.338 e. The topological polar surface area (TPSA) is 36.8 Å². The molecule has 0 bridgehead atoms. The monoisotopic (exact) mass is 139 g/mol. The van der Waals surface area contributed by atoms with Crippen LogP contribution >= 0.6 is 0 Å². The van der Waals surface area contributed by atoms with Crippen LogP contribution in [-0.2, 0) is 0 Å². The standard InChI is InChI=1S/C7H13N3/c1-2-3-4-7-9-5-8-6-10-7/h5-7H,2-4H2,1H3,(H,8,9,10). The van der Waals surface area contributed by atoms with Gasteiger partial charge in [-0.05, 0) is 12.8 Å². The molecule has 0 aliphatic carbocycles. The summed E-state index contributed by atoms with van der Waals surface area (Å²) in [6.45, 7) is 2.18. The van der Waals surface area contributed by atoms with Gasteiger partial charge in [-0.3, -0.25) is 0 Å². The predicted octanol–water partition coefficient (Wildman–Crippen LogP) is 1.16. The second kappa shape index (κ2) is 4.04. The zero-order valence-corrected chi connectivity index (χ0v) is 6.25. The summed E-state index contributed by atoms with van der Waals surface area (Å²) in [6.07, 6.45) is 7.08. The molecule has 1 N–H and O–H groups in total. The Bertz CT molecular complexity index is 128. The zero-order valence-electron chi connectivity index (χ0n) is 6.25. The summed E-state index contributed by atoms with van der Waals surface area (Å²) >= 11 is 0.